The molecule has 0 bridgehead atoms. The summed E-state index contributed by atoms with van der Waals surface area (Å²) < 4.78 is 5.62. The van der Waals surface area contributed by atoms with E-state index in [0.717, 1.165) is 13.1 Å². The number of piperidine rings is 1. The molecule has 1 heterocycles. The van der Waals surface area contributed by atoms with Crippen LogP contribution in [0.4, 0.5) is 0 Å². The van der Waals surface area contributed by atoms with Crippen molar-refractivity contribution in [3.8, 4) is 0 Å². The van der Waals surface area contributed by atoms with Crippen LogP contribution < -0.4 is 5.73 Å². The van der Waals surface area contributed by atoms with Crippen LogP contribution in [0.1, 0.15) is 59.8 Å². The van der Waals surface area contributed by atoms with Gasteiger partial charge < -0.3 is 10.5 Å². The van der Waals surface area contributed by atoms with Gasteiger partial charge in [-0.15, -0.1) is 0 Å². The predicted molar refractivity (Wildman–Crippen MR) is 84.8 cm³/mol. The highest BCUT2D eigenvalue weighted by molar-refractivity contribution is 5.05. The highest BCUT2D eigenvalue weighted by Gasteiger charge is 2.50. The molecule has 0 amide bonds. The Morgan fingerprint density at radius 1 is 1.10 bits per heavy atom. The van der Waals surface area contributed by atoms with E-state index in [2.05, 4.69) is 32.6 Å². The third-order valence-electron chi connectivity index (χ3n) is 5.33. The maximum Gasteiger partial charge on any atom is 0.0698 e. The zero-order valence-electron chi connectivity index (χ0n) is 14.2. The van der Waals surface area contributed by atoms with Crippen LogP contribution >= 0.6 is 0 Å². The summed E-state index contributed by atoms with van der Waals surface area (Å²) in [5.74, 6) is 0. The molecule has 0 aromatic heterocycles. The monoisotopic (exact) mass is 282 g/mol. The maximum absolute atomic E-state index is 6.32. The summed E-state index contributed by atoms with van der Waals surface area (Å²) in [7, 11) is 1.85. The number of nitrogens with zero attached hydrogens (tertiary/aromatic N) is 1. The Labute approximate surface area is 125 Å². The fraction of sp³-hybridized carbons (Fsp3) is 1.00. The Balaban J connectivity index is 2.23. The molecule has 3 nitrogen and oxygen atoms in total. The van der Waals surface area contributed by atoms with Gasteiger partial charge in [0.25, 0.3) is 0 Å². The van der Waals surface area contributed by atoms with Crippen LogP contribution in [0.15, 0.2) is 0 Å². The molecule has 1 atom stereocenters. The molecule has 2 rings (SSSR count). The molecule has 0 spiro atoms. The van der Waals surface area contributed by atoms with Crippen molar-refractivity contribution in [2.75, 3.05) is 26.7 Å². The second-order valence-electron chi connectivity index (χ2n) is 8.73. The highest BCUT2D eigenvalue weighted by Crippen LogP contribution is 2.52. The number of rotatable bonds is 3. The van der Waals surface area contributed by atoms with Gasteiger partial charge in [-0.25, -0.2) is 0 Å². The van der Waals surface area contributed by atoms with Crippen LogP contribution in [0, 0.1) is 10.8 Å². The summed E-state index contributed by atoms with van der Waals surface area (Å²) in [6.07, 6.45) is 6.55. The lowest BCUT2D eigenvalue weighted by Crippen LogP contribution is -2.63. The van der Waals surface area contributed by atoms with Crippen molar-refractivity contribution >= 4 is 0 Å². The van der Waals surface area contributed by atoms with E-state index >= 15 is 0 Å². The lowest BCUT2D eigenvalue weighted by molar-refractivity contribution is -0.0790. The standard InChI is InChI=1S/C17H34N2O/c1-15(2)10-16(3,4)12-17(11-15,13-18)19-8-6-7-14(9-19)20-5/h14H,6-13,18H2,1-5H3. The van der Waals surface area contributed by atoms with E-state index in [1.807, 2.05) is 7.11 Å². The molecule has 118 valence electrons. The summed E-state index contributed by atoms with van der Waals surface area (Å²) in [6.45, 7) is 12.7. The van der Waals surface area contributed by atoms with Crippen molar-refractivity contribution in [2.45, 2.75) is 71.4 Å². The van der Waals surface area contributed by atoms with Crippen molar-refractivity contribution in [1.29, 1.82) is 0 Å². The fourth-order valence-corrected chi connectivity index (χ4v) is 5.32. The van der Waals surface area contributed by atoms with Crippen molar-refractivity contribution < 1.29 is 4.74 Å². The summed E-state index contributed by atoms with van der Waals surface area (Å²) in [5.41, 5.74) is 7.24. The van der Waals surface area contributed by atoms with E-state index in [0.29, 0.717) is 16.9 Å². The molecule has 2 aliphatic rings. The Bertz CT molecular complexity index is 322. The Morgan fingerprint density at radius 3 is 2.20 bits per heavy atom. The lowest BCUT2D eigenvalue weighted by atomic mass is 9.57. The summed E-state index contributed by atoms with van der Waals surface area (Å²) in [4.78, 5) is 2.66. The summed E-state index contributed by atoms with van der Waals surface area (Å²) in [5, 5.41) is 0. The zero-order chi connectivity index (χ0) is 15.0. The molecule has 2 fully saturated rings. The molecule has 3 heteroatoms. The van der Waals surface area contributed by atoms with Gasteiger partial charge in [0.05, 0.1) is 6.10 Å². The number of ether oxygens (including phenoxy) is 1. The van der Waals surface area contributed by atoms with Gasteiger partial charge in [0.2, 0.25) is 0 Å². The van der Waals surface area contributed by atoms with Gasteiger partial charge in [0.1, 0.15) is 0 Å². The van der Waals surface area contributed by atoms with E-state index in [4.69, 9.17) is 10.5 Å². The van der Waals surface area contributed by atoms with Crippen LogP contribution in [0.3, 0.4) is 0 Å². The summed E-state index contributed by atoms with van der Waals surface area (Å²) in [6, 6.07) is 0. The predicted octanol–water partition coefficient (Wildman–Crippen LogP) is 3.03. The first-order valence-corrected chi connectivity index (χ1v) is 8.20. The third kappa shape index (κ3) is 3.37. The number of hydrogen-bond donors (Lipinski definition) is 1. The minimum absolute atomic E-state index is 0.169. The van der Waals surface area contributed by atoms with Gasteiger partial charge >= 0.3 is 0 Å². The Morgan fingerprint density at radius 2 is 1.70 bits per heavy atom. The minimum atomic E-state index is 0.169. The van der Waals surface area contributed by atoms with Gasteiger partial charge in [-0.2, -0.15) is 0 Å². The molecule has 1 aliphatic carbocycles. The smallest absolute Gasteiger partial charge is 0.0698 e. The van der Waals surface area contributed by atoms with E-state index in [1.54, 1.807) is 0 Å². The maximum atomic E-state index is 6.32. The van der Waals surface area contributed by atoms with E-state index in [9.17, 15) is 0 Å². The van der Waals surface area contributed by atoms with Gasteiger partial charge in [-0.1, -0.05) is 27.7 Å². The highest BCUT2D eigenvalue weighted by atomic mass is 16.5. The molecule has 1 unspecified atom stereocenters. The molecular weight excluding hydrogens is 248 g/mol. The van der Waals surface area contributed by atoms with Crippen molar-refractivity contribution in [2.24, 2.45) is 16.6 Å². The molecule has 1 saturated heterocycles. The van der Waals surface area contributed by atoms with Gasteiger partial charge in [-0.05, 0) is 49.5 Å². The largest absolute Gasteiger partial charge is 0.380 e. The van der Waals surface area contributed by atoms with E-state index < -0.39 is 0 Å². The third-order valence-corrected chi connectivity index (χ3v) is 5.33. The SMILES string of the molecule is COC1CCCN(C2(CN)CC(C)(C)CC(C)(C)C2)C1. The number of likely N-dealkylation sites (tertiary alicyclic amines) is 1. The van der Waals surface area contributed by atoms with Crippen molar-refractivity contribution in [3.63, 3.8) is 0 Å². The Kier molecular flexibility index (Phi) is 4.54. The van der Waals surface area contributed by atoms with Crippen LogP contribution in [-0.2, 0) is 4.74 Å². The van der Waals surface area contributed by atoms with E-state index in [-0.39, 0.29) is 5.54 Å². The first-order valence-electron chi connectivity index (χ1n) is 8.20. The molecule has 1 aliphatic heterocycles. The average molecular weight is 282 g/mol. The summed E-state index contributed by atoms with van der Waals surface area (Å²) >= 11 is 0. The topological polar surface area (TPSA) is 38.5 Å². The van der Waals surface area contributed by atoms with Gasteiger partial charge in [0.15, 0.2) is 0 Å². The van der Waals surface area contributed by atoms with E-state index in [1.165, 1.54) is 38.6 Å². The van der Waals surface area contributed by atoms with Crippen LogP contribution in [0.5, 0.6) is 0 Å². The quantitative estimate of drug-likeness (QED) is 0.864. The number of methoxy groups -OCH3 is 1. The zero-order valence-corrected chi connectivity index (χ0v) is 14.2. The Hall–Kier alpha value is -0.120. The normalized spacial score (nSPS) is 33.0. The van der Waals surface area contributed by atoms with Crippen LogP contribution in [0.25, 0.3) is 0 Å². The van der Waals surface area contributed by atoms with Crippen LogP contribution in [-0.4, -0.2) is 43.3 Å². The molecular formula is C17H34N2O. The van der Waals surface area contributed by atoms with Gasteiger partial charge in [0, 0.05) is 25.7 Å². The van der Waals surface area contributed by atoms with Crippen molar-refractivity contribution in [1.82, 2.24) is 4.90 Å². The molecule has 0 radical (unpaired) electrons. The molecule has 0 aromatic carbocycles. The molecule has 1 saturated carbocycles. The minimum Gasteiger partial charge on any atom is -0.380 e. The van der Waals surface area contributed by atoms with Crippen molar-refractivity contribution in [3.05, 3.63) is 0 Å². The first kappa shape index (κ1) is 16.3. The second kappa shape index (κ2) is 5.58. The molecule has 0 aromatic rings. The fourth-order valence-electron chi connectivity index (χ4n) is 5.32. The lowest BCUT2D eigenvalue weighted by Gasteiger charge is -2.57. The van der Waals surface area contributed by atoms with Gasteiger partial charge in [-0.3, -0.25) is 4.90 Å². The second-order valence-corrected chi connectivity index (χ2v) is 8.73. The number of nitrogens with two attached hydrogens (primary N) is 1. The first-order chi connectivity index (χ1) is 9.22. The number of hydrogen-bond acceptors (Lipinski definition) is 3. The molecule has 20 heavy (non-hydrogen) atoms. The van der Waals surface area contributed by atoms with Crippen LogP contribution in [0.2, 0.25) is 0 Å². The molecule has 2 N–H and O–H groups in total. The average Bonchev–Trinajstić information content (AvgIpc) is 2.35.